The lowest BCUT2D eigenvalue weighted by molar-refractivity contribution is 0.353. The van der Waals surface area contributed by atoms with E-state index in [-0.39, 0.29) is 6.04 Å². The molecule has 1 N–H and O–H groups in total. The maximum absolute atomic E-state index is 6.83. The summed E-state index contributed by atoms with van der Waals surface area (Å²) in [6, 6.07) is 8.02. The van der Waals surface area contributed by atoms with Crippen LogP contribution in [0.5, 0.6) is 23.0 Å². The normalized spacial score (nSPS) is 16.0. The number of thiophene rings is 1. The Bertz CT molecular complexity index is 1030. The van der Waals surface area contributed by atoms with Crippen LogP contribution in [-0.4, -0.2) is 35.0 Å². The Morgan fingerprint density at radius 1 is 0.893 bits per heavy atom. The minimum absolute atomic E-state index is 0.00885. The summed E-state index contributed by atoms with van der Waals surface area (Å²) < 4.78 is 22.9. The first-order chi connectivity index (χ1) is 13.6. The van der Waals surface area contributed by atoms with Crippen molar-refractivity contribution in [3.05, 3.63) is 45.3 Å². The van der Waals surface area contributed by atoms with E-state index < -0.39 is 0 Å². The van der Waals surface area contributed by atoms with Gasteiger partial charge in [0.1, 0.15) is 0 Å². The van der Waals surface area contributed by atoms with E-state index in [0.29, 0.717) is 11.5 Å². The predicted octanol–water partition coefficient (Wildman–Crippen LogP) is 4.82. The fourth-order valence-electron chi connectivity index (χ4n) is 3.72. The molecule has 2 aromatic carbocycles. The maximum Gasteiger partial charge on any atom is 0.162 e. The first kappa shape index (κ1) is 19.2. The van der Waals surface area contributed by atoms with Crippen LogP contribution in [0.1, 0.15) is 22.0 Å². The molecule has 7 heteroatoms. The molecule has 5 nitrogen and oxygen atoms in total. The first-order valence-electron chi connectivity index (χ1n) is 8.93. The van der Waals surface area contributed by atoms with Gasteiger partial charge in [-0.15, -0.1) is 11.3 Å². The summed E-state index contributed by atoms with van der Waals surface area (Å²) in [6.07, 6.45) is 0.927. The molecule has 0 fully saturated rings. The van der Waals surface area contributed by atoms with Crippen molar-refractivity contribution in [2.75, 3.05) is 35.0 Å². The maximum atomic E-state index is 6.83. The largest absolute Gasteiger partial charge is 0.493 e. The summed E-state index contributed by atoms with van der Waals surface area (Å²) in [6.45, 7) is 0.865. The molecule has 0 saturated carbocycles. The number of hydrogen-bond acceptors (Lipinski definition) is 6. The van der Waals surface area contributed by atoms with Gasteiger partial charge in [-0.1, -0.05) is 11.6 Å². The second-order valence-electron chi connectivity index (χ2n) is 6.53. The van der Waals surface area contributed by atoms with E-state index in [2.05, 4.69) is 11.4 Å². The number of rotatable bonds is 5. The van der Waals surface area contributed by atoms with Crippen LogP contribution in [0.2, 0.25) is 5.02 Å². The van der Waals surface area contributed by atoms with Gasteiger partial charge in [-0.05, 0) is 35.7 Å². The molecule has 0 radical (unpaired) electrons. The molecule has 4 rings (SSSR count). The fourth-order valence-corrected chi connectivity index (χ4v) is 5.35. The van der Waals surface area contributed by atoms with Crippen LogP contribution in [0.15, 0.2) is 24.3 Å². The van der Waals surface area contributed by atoms with E-state index in [0.717, 1.165) is 50.0 Å². The SMILES string of the molecule is COc1cc2c(cc1OC)C(c1sc3cc(OC)c(OC)cc3c1Cl)NCC2. The molecule has 3 aromatic rings. The zero-order valence-electron chi connectivity index (χ0n) is 16.2. The molecule has 1 atom stereocenters. The molecule has 0 saturated heterocycles. The van der Waals surface area contributed by atoms with Crippen molar-refractivity contribution in [3.63, 3.8) is 0 Å². The van der Waals surface area contributed by atoms with Crippen LogP contribution >= 0.6 is 22.9 Å². The topological polar surface area (TPSA) is 49.0 Å². The summed E-state index contributed by atoms with van der Waals surface area (Å²) in [5.74, 6) is 2.84. The first-order valence-corrected chi connectivity index (χ1v) is 10.1. The second kappa shape index (κ2) is 7.70. The van der Waals surface area contributed by atoms with Crippen molar-refractivity contribution in [3.8, 4) is 23.0 Å². The van der Waals surface area contributed by atoms with Crippen LogP contribution in [0, 0.1) is 0 Å². The molecule has 1 unspecified atom stereocenters. The van der Waals surface area contributed by atoms with Crippen LogP contribution in [-0.2, 0) is 6.42 Å². The van der Waals surface area contributed by atoms with Gasteiger partial charge in [0.25, 0.3) is 0 Å². The molecule has 2 heterocycles. The number of nitrogens with one attached hydrogen (secondary N) is 1. The molecular weight excluding hydrogens is 398 g/mol. The zero-order chi connectivity index (χ0) is 19.8. The third-order valence-electron chi connectivity index (χ3n) is 5.12. The fraction of sp³-hybridized carbons (Fsp3) is 0.333. The van der Waals surface area contributed by atoms with E-state index >= 15 is 0 Å². The molecule has 148 valence electrons. The van der Waals surface area contributed by atoms with Gasteiger partial charge in [-0.3, -0.25) is 0 Å². The van der Waals surface area contributed by atoms with Crippen LogP contribution < -0.4 is 24.3 Å². The standard InChI is InChI=1S/C21H22ClNO4S/c1-24-14-7-11-5-6-23-20(12(11)8-15(14)25-2)21-19(22)13-9-16(26-3)17(27-4)10-18(13)28-21/h7-10,20,23H,5-6H2,1-4H3. The van der Waals surface area contributed by atoms with E-state index in [1.165, 1.54) is 5.56 Å². The predicted molar refractivity (Wildman–Crippen MR) is 113 cm³/mol. The summed E-state index contributed by atoms with van der Waals surface area (Å²) in [5.41, 5.74) is 2.40. The summed E-state index contributed by atoms with van der Waals surface area (Å²) >= 11 is 8.50. The van der Waals surface area contributed by atoms with Gasteiger partial charge in [0.05, 0.1) is 39.5 Å². The lowest BCUT2D eigenvalue weighted by Crippen LogP contribution is -2.30. The Morgan fingerprint density at radius 2 is 1.50 bits per heavy atom. The number of hydrogen-bond donors (Lipinski definition) is 1. The quantitative estimate of drug-likeness (QED) is 0.642. The molecule has 1 aliphatic rings. The molecule has 1 aliphatic heterocycles. The monoisotopic (exact) mass is 419 g/mol. The Hall–Kier alpha value is -2.15. The van der Waals surface area contributed by atoms with E-state index in [1.54, 1.807) is 39.8 Å². The average molecular weight is 420 g/mol. The summed E-state index contributed by atoms with van der Waals surface area (Å²) in [5, 5.41) is 5.31. The van der Waals surface area contributed by atoms with Gasteiger partial charge in [0.15, 0.2) is 23.0 Å². The van der Waals surface area contributed by atoms with Crippen molar-refractivity contribution >= 4 is 33.0 Å². The van der Waals surface area contributed by atoms with Crippen LogP contribution in [0.25, 0.3) is 10.1 Å². The second-order valence-corrected chi connectivity index (χ2v) is 7.99. The lowest BCUT2D eigenvalue weighted by Gasteiger charge is -2.27. The molecule has 0 spiro atoms. The summed E-state index contributed by atoms with van der Waals surface area (Å²) in [7, 11) is 6.58. The van der Waals surface area contributed by atoms with E-state index in [1.807, 2.05) is 18.2 Å². The van der Waals surface area contributed by atoms with Crippen molar-refractivity contribution in [1.29, 1.82) is 0 Å². The van der Waals surface area contributed by atoms with Gasteiger partial charge < -0.3 is 24.3 Å². The molecule has 0 amide bonds. The van der Waals surface area contributed by atoms with Crippen LogP contribution in [0.4, 0.5) is 0 Å². The van der Waals surface area contributed by atoms with Gasteiger partial charge in [0, 0.05) is 27.6 Å². The molecule has 0 bridgehead atoms. The number of methoxy groups -OCH3 is 4. The van der Waals surface area contributed by atoms with Crippen molar-refractivity contribution in [2.24, 2.45) is 0 Å². The highest BCUT2D eigenvalue weighted by Crippen LogP contribution is 2.47. The smallest absolute Gasteiger partial charge is 0.162 e. The Morgan fingerprint density at radius 3 is 2.18 bits per heavy atom. The average Bonchev–Trinajstić information content (AvgIpc) is 3.06. The summed E-state index contributed by atoms with van der Waals surface area (Å²) in [4.78, 5) is 1.07. The number of ether oxygens (including phenoxy) is 4. The highest BCUT2D eigenvalue weighted by molar-refractivity contribution is 7.20. The highest BCUT2D eigenvalue weighted by atomic mass is 35.5. The van der Waals surface area contributed by atoms with Gasteiger partial charge in [-0.2, -0.15) is 0 Å². The zero-order valence-corrected chi connectivity index (χ0v) is 17.8. The highest BCUT2D eigenvalue weighted by Gasteiger charge is 2.28. The van der Waals surface area contributed by atoms with Crippen molar-refractivity contribution in [1.82, 2.24) is 5.32 Å². The molecule has 28 heavy (non-hydrogen) atoms. The Labute approximate surface area is 173 Å². The molecule has 1 aromatic heterocycles. The van der Waals surface area contributed by atoms with Crippen molar-refractivity contribution in [2.45, 2.75) is 12.5 Å². The van der Waals surface area contributed by atoms with Gasteiger partial charge >= 0.3 is 0 Å². The number of benzene rings is 2. The number of halogens is 1. The Balaban J connectivity index is 1.87. The van der Waals surface area contributed by atoms with Crippen LogP contribution in [0.3, 0.4) is 0 Å². The van der Waals surface area contributed by atoms with Gasteiger partial charge in [0.2, 0.25) is 0 Å². The molecule has 0 aliphatic carbocycles. The molecular formula is C21H22ClNO4S. The number of fused-ring (bicyclic) bond motifs is 2. The van der Waals surface area contributed by atoms with E-state index in [9.17, 15) is 0 Å². The minimum Gasteiger partial charge on any atom is -0.493 e. The lowest BCUT2D eigenvalue weighted by atomic mass is 9.92. The van der Waals surface area contributed by atoms with Gasteiger partial charge in [-0.25, -0.2) is 0 Å². The third kappa shape index (κ3) is 3.05. The van der Waals surface area contributed by atoms with Crippen molar-refractivity contribution < 1.29 is 18.9 Å². The minimum atomic E-state index is -0.00885. The Kier molecular flexibility index (Phi) is 5.27. The third-order valence-corrected chi connectivity index (χ3v) is 6.86. The van der Waals surface area contributed by atoms with E-state index in [4.69, 9.17) is 30.5 Å².